The van der Waals surface area contributed by atoms with Crippen molar-refractivity contribution in [2.24, 2.45) is 0 Å². The molecular weight excluding hydrogens is 370 g/mol. The Kier molecular flexibility index (Phi) is 5.59. The third kappa shape index (κ3) is 3.81. The lowest BCUT2D eigenvalue weighted by atomic mass is 10.0. The molecule has 0 aliphatic carbocycles. The monoisotopic (exact) mass is 389 g/mol. The highest BCUT2D eigenvalue weighted by molar-refractivity contribution is 5.98. The molecule has 0 aromatic carbocycles. The largest absolute Gasteiger partial charge is 0.506 e. The van der Waals surface area contributed by atoms with Crippen LogP contribution in [-0.4, -0.2) is 51.9 Å². The van der Waals surface area contributed by atoms with Crippen molar-refractivity contribution >= 4 is 11.9 Å². The van der Waals surface area contributed by atoms with Gasteiger partial charge in [-0.25, -0.2) is 4.98 Å². The van der Waals surface area contributed by atoms with E-state index in [0.29, 0.717) is 35.7 Å². The third-order valence-corrected chi connectivity index (χ3v) is 4.36. The molecule has 0 saturated heterocycles. The summed E-state index contributed by atoms with van der Waals surface area (Å²) in [6.45, 7) is -0.135. The smallest absolute Gasteiger partial charge is 0.322 e. The number of amides is 1. The number of carboxylic acid groups (broad SMARTS) is 1. The molecule has 1 aliphatic heterocycles. The first-order chi connectivity index (χ1) is 13.4. The third-order valence-electron chi connectivity index (χ3n) is 4.36. The first-order valence-electron chi connectivity index (χ1n) is 8.46. The molecule has 0 saturated carbocycles. The molecule has 1 amide bonds. The Labute approximate surface area is 159 Å². The van der Waals surface area contributed by atoms with E-state index in [1.807, 2.05) is 0 Å². The fourth-order valence-electron chi connectivity index (χ4n) is 3.01. The number of aromatic nitrogens is 2. The van der Waals surface area contributed by atoms with E-state index < -0.39 is 35.3 Å². The quantitative estimate of drug-likeness (QED) is 0.622. The number of fused-ring (bicyclic) bond motifs is 1. The van der Waals surface area contributed by atoms with E-state index in [4.69, 9.17) is 14.6 Å². The molecule has 0 fully saturated rings. The van der Waals surface area contributed by atoms with Crippen molar-refractivity contribution in [1.82, 2.24) is 14.9 Å². The van der Waals surface area contributed by atoms with E-state index >= 15 is 0 Å². The average molecular weight is 389 g/mol. The molecule has 0 radical (unpaired) electrons. The molecule has 28 heavy (non-hydrogen) atoms. The Balaban J connectivity index is 2.06. The van der Waals surface area contributed by atoms with Gasteiger partial charge in [0, 0.05) is 29.9 Å². The lowest BCUT2D eigenvalue weighted by Crippen LogP contribution is -2.38. The first-order valence-corrected chi connectivity index (χ1v) is 8.46. The number of aromatic hydroxyl groups is 1. The molecule has 0 atom stereocenters. The molecule has 3 N–H and O–H groups in total. The zero-order valence-electron chi connectivity index (χ0n) is 15.1. The lowest BCUT2D eigenvalue weighted by Gasteiger charge is -2.24. The van der Waals surface area contributed by atoms with Crippen LogP contribution in [-0.2, 0) is 29.1 Å². The van der Waals surface area contributed by atoms with Crippen molar-refractivity contribution in [3.63, 3.8) is 0 Å². The second kappa shape index (κ2) is 8.09. The van der Waals surface area contributed by atoms with Crippen LogP contribution >= 0.6 is 0 Å². The fourth-order valence-corrected chi connectivity index (χ4v) is 3.01. The second-order valence-corrected chi connectivity index (χ2v) is 6.13. The molecule has 0 spiro atoms. The Hall–Kier alpha value is -3.40. The Morgan fingerprint density at radius 2 is 2.18 bits per heavy atom. The minimum Gasteiger partial charge on any atom is -0.506 e. The zero-order chi connectivity index (χ0) is 20.3. The molecule has 3 rings (SSSR count). The molecule has 2 aromatic rings. The number of carbonyl (C=O) groups excluding carboxylic acids is 1. The van der Waals surface area contributed by atoms with Crippen LogP contribution in [0.15, 0.2) is 23.1 Å². The van der Waals surface area contributed by atoms with E-state index in [9.17, 15) is 19.5 Å². The summed E-state index contributed by atoms with van der Waals surface area (Å²) in [6.07, 6.45) is 1.94. The van der Waals surface area contributed by atoms with Crippen molar-refractivity contribution in [2.45, 2.75) is 19.6 Å². The predicted molar refractivity (Wildman–Crippen MR) is 95.6 cm³/mol. The average Bonchev–Trinajstić information content (AvgIpc) is 2.70. The summed E-state index contributed by atoms with van der Waals surface area (Å²) < 4.78 is 11.8. The van der Waals surface area contributed by atoms with Crippen molar-refractivity contribution in [3.8, 4) is 11.6 Å². The van der Waals surface area contributed by atoms with Crippen LogP contribution in [0.3, 0.4) is 0 Å². The van der Waals surface area contributed by atoms with Gasteiger partial charge in [-0.15, -0.1) is 0 Å². The van der Waals surface area contributed by atoms with Gasteiger partial charge in [-0.3, -0.25) is 14.4 Å². The number of hydrogen-bond donors (Lipinski definition) is 3. The first kappa shape index (κ1) is 19.4. The van der Waals surface area contributed by atoms with Crippen LogP contribution < -0.4 is 15.6 Å². The van der Waals surface area contributed by atoms with E-state index in [-0.39, 0.29) is 13.2 Å². The summed E-state index contributed by atoms with van der Waals surface area (Å²) >= 11 is 0. The number of nitrogens with one attached hydrogen (secondary N) is 1. The van der Waals surface area contributed by atoms with Crippen molar-refractivity contribution in [1.29, 1.82) is 0 Å². The Bertz CT molecular complexity index is 967. The number of rotatable bonds is 6. The van der Waals surface area contributed by atoms with Gasteiger partial charge in [-0.2, -0.15) is 0 Å². The number of carbonyl (C=O) groups is 2. The minimum atomic E-state index is -1.27. The molecule has 2 aromatic heterocycles. The summed E-state index contributed by atoms with van der Waals surface area (Å²) in [4.78, 5) is 40.1. The van der Waals surface area contributed by atoms with E-state index in [2.05, 4.69) is 10.3 Å². The fraction of sp³-hybridized carbons (Fsp3) is 0.333. The van der Waals surface area contributed by atoms with Crippen molar-refractivity contribution < 1.29 is 29.3 Å². The van der Waals surface area contributed by atoms with Gasteiger partial charge in [0.15, 0.2) is 0 Å². The highest BCUT2D eigenvalue weighted by Crippen LogP contribution is 2.28. The molecule has 3 heterocycles. The van der Waals surface area contributed by atoms with Gasteiger partial charge in [0.05, 0.1) is 26.9 Å². The lowest BCUT2D eigenvalue weighted by molar-refractivity contribution is -0.135. The van der Waals surface area contributed by atoms with Gasteiger partial charge in [-0.05, 0) is 5.56 Å². The summed E-state index contributed by atoms with van der Waals surface area (Å²) in [5.74, 6) is -2.28. The van der Waals surface area contributed by atoms with Gasteiger partial charge in [0.1, 0.15) is 17.9 Å². The standard InChI is InChI=1S/C18H19N3O7/c1-27-13-3-2-10(6-19-13)8-21-12-4-5-28-9-11(12)16(24)15(18(21)26)17(25)20-7-14(22)23/h2-3,6,24H,4-5,7-9H2,1H3,(H,20,25)(H,22,23). The van der Waals surface area contributed by atoms with Crippen LogP contribution in [0.25, 0.3) is 0 Å². The van der Waals surface area contributed by atoms with Gasteiger partial charge in [0.25, 0.3) is 11.5 Å². The van der Waals surface area contributed by atoms with Gasteiger partial charge < -0.3 is 29.6 Å². The van der Waals surface area contributed by atoms with Gasteiger partial charge in [0.2, 0.25) is 5.88 Å². The number of carboxylic acids is 1. The van der Waals surface area contributed by atoms with Gasteiger partial charge in [-0.1, -0.05) is 6.07 Å². The van der Waals surface area contributed by atoms with Crippen LogP contribution in [0.1, 0.15) is 27.2 Å². The molecule has 10 heteroatoms. The highest BCUT2D eigenvalue weighted by Gasteiger charge is 2.27. The van der Waals surface area contributed by atoms with Crippen LogP contribution in [0.4, 0.5) is 0 Å². The number of pyridine rings is 2. The number of hydrogen-bond acceptors (Lipinski definition) is 7. The minimum absolute atomic E-state index is 0.0432. The second-order valence-electron chi connectivity index (χ2n) is 6.13. The van der Waals surface area contributed by atoms with Crippen molar-refractivity contribution in [3.05, 3.63) is 51.1 Å². The maximum absolute atomic E-state index is 13.0. The van der Waals surface area contributed by atoms with E-state index in [0.717, 1.165) is 0 Å². The molecule has 0 bridgehead atoms. The van der Waals surface area contributed by atoms with E-state index in [1.165, 1.54) is 11.7 Å². The summed E-state index contributed by atoms with van der Waals surface area (Å²) in [5.41, 5.74) is 0.384. The predicted octanol–water partition coefficient (Wildman–Crippen LogP) is -0.107. The highest BCUT2D eigenvalue weighted by atomic mass is 16.5. The maximum atomic E-state index is 13.0. The zero-order valence-corrected chi connectivity index (χ0v) is 15.1. The number of aliphatic carboxylic acids is 1. The van der Waals surface area contributed by atoms with E-state index in [1.54, 1.807) is 18.3 Å². The summed E-state index contributed by atoms with van der Waals surface area (Å²) in [6, 6.07) is 3.39. The SMILES string of the molecule is COc1ccc(Cn2c3c(c(O)c(C(=O)NCC(=O)O)c2=O)COCC3)cn1. The summed E-state index contributed by atoms with van der Waals surface area (Å²) in [7, 11) is 1.49. The molecule has 1 aliphatic rings. The van der Waals surface area contributed by atoms with Crippen LogP contribution in [0.5, 0.6) is 11.6 Å². The van der Waals surface area contributed by atoms with Gasteiger partial charge >= 0.3 is 5.97 Å². The Morgan fingerprint density at radius 1 is 1.39 bits per heavy atom. The van der Waals surface area contributed by atoms with Crippen molar-refractivity contribution in [2.75, 3.05) is 20.3 Å². The molecule has 10 nitrogen and oxygen atoms in total. The topological polar surface area (TPSA) is 140 Å². The number of ether oxygens (including phenoxy) is 2. The molecule has 0 unspecified atom stereocenters. The molecular formula is C18H19N3O7. The number of nitrogens with zero attached hydrogens (tertiary/aromatic N) is 2. The summed E-state index contributed by atoms with van der Waals surface area (Å²) in [5, 5.41) is 21.3. The maximum Gasteiger partial charge on any atom is 0.322 e. The number of methoxy groups -OCH3 is 1. The normalized spacial score (nSPS) is 12.9. The molecule has 148 valence electrons. The Morgan fingerprint density at radius 3 is 2.82 bits per heavy atom. The van der Waals surface area contributed by atoms with Crippen LogP contribution in [0, 0.1) is 0 Å². The van der Waals surface area contributed by atoms with Crippen LogP contribution in [0.2, 0.25) is 0 Å².